The summed E-state index contributed by atoms with van der Waals surface area (Å²) in [7, 11) is 0. The second kappa shape index (κ2) is 7.65. The van der Waals surface area contributed by atoms with Gasteiger partial charge in [-0.3, -0.25) is 14.4 Å². The standard InChI is InChI=1S/C18H22N2O5/c21-16-2-1-9-19(16)14-5-3-13(4-6-14)18(24)20(12-17(22)23)15-7-10-25-11-8-15/h3-6,15H,1-2,7-12H2,(H,22,23). The number of nitrogens with zero attached hydrogens (tertiary/aromatic N) is 2. The Balaban J connectivity index is 1.76. The van der Waals surface area contributed by atoms with Gasteiger partial charge < -0.3 is 19.6 Å². The van der Waals surface area contributed by atoms with Gasteiger partial charge in [0.05, 0.1) is 0 Å². The Morgan fingerprint density at radius 2 is 1.88 bits per heavy atom. The maximum Gasteiger partial charge on any atom is 0.323 e. The summed E-state index contributed by atoms with van der Waals surface area (Å²) in [5, 5.41) is 9.16. The molecule has 0 saturated carbocycles. The molecule has 7 heteroatoms. The van der Waals surface area contributed by atoms with Crippen LogP contribution in [0.25, 0.3) is 0 Å². The smallest absolute Gasteiger partial charge is 0.323 e. The van der Waals surface area contributed by atoms with Crippen LogP contribution in [0.3, 0.4) is 0 Å². The fourth-order valence-corrected chi connectivity index (χ4v) is 3.38. The van der Waals surface area contributed by atoms with Crippen LogP contribution in [0.15, 0.2) is 24.3 Å². The number of aliphatic carboxylic acids is 1. The highest BCUT2D eigenvalue weighted by atomic mass is 16.5. The molecule has 2 heterocycles. The molecule has 2 saturated heterocycles. The maximum absolute atomic E-state index is 12.8. The van der Waals surface area contributed by atoms with Crippen molar-refractivity contribution in [3.63, 3.8) is 0 Å². The number of rotatable bonds is 5. The molecular formula is C18H22N2O5. The zero-order valence-corrected chi connectivity index (χ0v) is 14.0. The molecular weight excluding hydrogens is 324 g/mol. The molecule has 0 atom stereocenters. The van der Waals surface area contributed by atoms with Gasteiger partial charge in [-0.25, -0.2) is 0 Å². The highest BCUT2D eigenvalue weighted by molar-refractivity contribution is 5.98. The number of hydrogen-bond acceptors (Lipinski definition) is 4. The Morgan fingerprint density at radius 1 is 1.20 bits per heavy atom. The average Bonchev–Trinajstić information content (AvgIpc) is 3.06. The first-order chi connectivity index (χ1) is 12.1. The Hall–Kier alpha value is -2.41. The molecule has 1 aromatic rings. The van der Waals surface area contributed by atoms with Gasteiger partial charge in [-0.2, -0.15) is 0 Å². The van der Waals surface area contributed by atoms with Gasteiger partial charge in [0.25, 0.3) is 5.91 Å². The number of carbonyl (C=O) groups excluding carboxylic acids is 2. The van der Waals surface area contributed by atoms with Crippen molar-refractivity contribution in [3.05, 3.63) is 29.8 Å². The van der Waals surface area contributed by atoms with Crippen LogP contribution < -0.4 is 4.90 Å². The summed E-state index contributed by atoms with van der Waals surface area (Å²) in [6.07, 6.45) is 2.67. The van der Waals surface area contributed by atoms with Crippen molar-refractivity contribution in [3.8, 4) is 0 Å². The first kappa shape index (κ1) is 17.4. The van der Waals surface area contributed by atoms with Crippen molar-refractivity contribution in [2.75, 3.05) is 31.2 Å². The van der Waals surface area contributed by atoms with E-state index in [1.54, 1.807) is 29.2 Å². The van der Waals surface area contributed by atoms with Gasteiger partial charge in [-0.1, -0.05) is 0 Å². The van der Waals surface area contributed by atoms with E-state index >= 15 is 0 Å². The lowest BCUT2D eigenvalue weighted by molar-refractivity contribution is -0.138. The van der Waals surface area contributed by atoms with Crippen LogP contribution in [0.1, 0.15) is 36.0 Å². The van der Waals surface area contributed by atoms with Crippen LogP contribution in [-0.4, -0.2) is 60.1 Å². The first-order valence-corrected chi connectivity index (χ1v) is 8.57. The molecule has 134 valence electrons. The van der Waals surface area contributed by atoms with Crippen molar-refractivity contribution in [1.82, 2.24) is 4.90 Å². The van der Waals surface area contributed by atoms with Crippen molar-refractivity contribution in [2.24, 2.45) is 0 Å². The highest BCUT2D eigenvalue weighted by Gasteiger charge is 2.29. The summed E-state index contributed by atoms with van der Waals surface area (Å²) in [5.41, 5.74) is 1.21. The van der Waals surface area contributed by atoms with Crippen LogP contribution in [0.2, 0.25) is 0 Å². The quantitative estimate of drug-likeness (QED) is 0.873. The molecule has 0 radical (unpaired) electrons. The number of carboxylic acid groups (broad SMARTS) is 1. The number of hydrogen-bond donors (Lipinski definition) is 1. The van der Waals surface area contributed by atoms with E-state index in [0.717, 1.165) is 12.1 Å². The number of ether oxygens (including phenoxy) is 1. The SMILES string of the molecule is O=C(O)CN(C(=O)c1ccc(N2CCCC2=O)cc1)C1CCOCC1. The number of amides is 2. The Labute approximate surface area is 146 Å². The van der Waals surface area contributed by atoms with Crippen molar-refractivity contribution >= 4 is 23.5 Å². The lowest BCUT2D eigenvalue weighted by Gasteiger charge is -2.33. The second-order valence-corrected chi connectivity index (χ2v) is 6.37. The predicted molar refractivity (Wildman–Crippen MR) is 90.5 cm³/mol. The molecule has 2 fully saturated rings. The van der Waals surface area contributed by atoms with E-state index in [0.29, 0.717) is 44.6 Å². The summed E-state index contributed by atoms with van der Waals surface area (Å²) in [5.74, 6) is -1.23. The van der Waals surface area contributed by atoms with E-state index in [4.69, 9.17) is 9.84 Å². The summed E-state index contributed by atoms with van der Waals surface area (Å²) < 4.78 is 5.30. The zero-order valence-electron chi connectivity index (χ0n) is 14.0. The van der Waals surface area contributed by atoms with E-state index in [1.807, 2.05) is 0 Å². The van der Waals surface area contributed by atoms with Gasteiger partial charge in [-0.15, -0.1) is 0 Å². The van der Waals surface area contributed by atoms with Crippen molar-refractivity contribution < 1.29 is 24.2 Å². The van der Waals surface area contributed by atoms with Crippen LogP contribution in [0, 0.1) is 0 Å². The number of benzene rings is 1. The van der Waals surface area contributed by atoms with Crippen LogP contribution in [0.5, 0.6) is 0 Å². The lowest BCUT2D eigenvalue weighted by atomic mass is 10.0. The van der Waals surface area contributed by atoms with E-state index in [-0.39, 0.29) is 24.4 Å². The Morgan fingerprint density at radius 3 is 2.44 bits per heavy atom. The minimum atomic E-state index is -1.03. The fourth-order valence-electron chi connectivity index (χ4n) is 3.38. The molecule has 0 unspecified atom stereocenters. The maximum atomic E-state index is 12.8. The third kappa shape index (κ3) is 3.99. The Bertz CT molecular complexity index is 652. The molecule has 0 aliphatic carbocycles. The highest BCUT2D eigenvalue weighted by Crippen LogP contribution is 2.23. The second-order valence-electron chi connectivity index (χ2n) is 6.37. The van der Waals surface area contributed by atoms with E-state index in [9.17, 15) is 14.4 Å². The summed E-state index contributed by atoms with van der Waals surface area (Å²) in [6.45, 7) is 1.43. The fraction of sp³-hybridized carbons (Fsp3) is 0.500. The van der Waals surface area contributed by atoms with E-state index in [1.165, 1.54) is 4.90 Å². The van der Waals surface area contributed by atoms with Crippen LogP contribution in [-0.2, 0) is 14.3 Å². The molecule has 0 bridgehead atoms. The van der Waals surface area contributed by atoms with E-state index in [2.05, 4.69) is 0 Å². The molecule has 2 aliphatic heterocycles. The van der Waals surface area contributed by atoms with Crippen molar-refractivity contribution in [1.29, 1.82) is 0 Å². The molecule has 0 aromatic heterocycles. The number of carbonyl (C=O) groups is 3. The van der Waals surface area contributed by atoms with Gasteiger partial charge in [0.15, 0.2) is 0 Å². The summed E-state index contributed by atoms with van der Waals surface area (Å²) >= 11 is 0. The number of carboxylic acids is 1. The largest absolute Gasteiger partial charge is 0.480 e. The van der Waals surface area contributed by atoms with E-state index < -0.39 is 5.97 Å². The first-order valence-electron chi connectivity index (χ1n) is 8.57. The van der Waals surface area contributed by atoms with Crippen molar-refractivity contribution in [2.45, 2.75) is 31.7 Å². The van der Waals surface area contributed by atoms with Gasteiger partial charge >= 0.3 is 5.97 Å². The number of anilines is 1. The molecule has 7 nitrogen and oxygen atoms in total. The van der Waals surface area contributed by atoms with Gasteiger partial charge in [0, 0.05) is 43.5 Å². The molecule has 25 heavy (non-hydrogen) atoms. The van der Waals surface area contributed by atoms with Gasteiger partial charge in [0.1, 0.15) is 6.54 Å². The minimum Gasteiger partial charge on any atom is -0.480 e. The Kier molecular flexibility index (Phi) is 5.33. The van der Waals surface area contributed by atoms with Gasteiger partial charge in [-0.05, 0) is 43.5 Å². The molecule has 1 aromatic carbocycles. The molecule has 1 N–H and O–H groups in total. The lowest BCUT2D eigenvalue weighted by Crippen LogP contribution is -2.46. The molecule has 2 aliphatic rings. The average molecular weight is 346 g/mol. The molecule has 3 rings (SSSR count). The molecule has 2 amide bonds. The normalized spacial score (nSPS) is 18.4. The monoisotopic (exact) mass is 346 g/mol. The topological polar surface area (TPSA) is 87.2 Å². The third-order valence-electron chi connectivity index (χ3n) is 4.70. The van der Waals surface area contributed by atoms with Crippen LogP contribution in [0.4, 0.5) is 5.69 Å². The van der Waals surface area contributed by atoms with Crippen LogP contribution >= 0.6 is 0 Å². The third-order valence-corrected chi connectivity index (χ3v) is 4.70. The van der Waals surface area contributed by atoms with Gasteiger partial charge in [0.2, 0.25) is 5.91 Å². The summed E-state index contributed by atoms with van der Waals surface area (Å²) in [6, 6.07) is 6.70. The predicted octanol–water partition coefficient (Wildman–Crippen LogP) is 1.52. The minimum absolute atomic E-state index is 0.0915. The molecule has 0 spiro atoms. The summed E-state index contributed by atoms with van der Waals surface area (Å²) in [4.78, 5) is 38.9. The zero-order chi connectivity index (χ0) is 17.8.